The third kappa shape index (κ3) is 4.22. The highest BCUT2D eigenvalue weighted by molar-refractivity contribution is 7.98. The highest BCUT2D eigenvalue weighted by atomic mass is 32.2. The molecule has 1 saturated heterocycles. The van der Waals surface area contributed by atoms with E-state index in [-0.39, 0.29) is 11.8 Å². The number of carbonyl (C=O) groups is 4. The third-order valence-corrected chi connectivity index (χ3v) is 6.09. The van der Waals surface area contributed by atoms with Crippen LogP contribution in [0.4, 0.5) is 5.69 Å². The number of fused-ring (bicyclic) bond motifs is 1. The van der Waals surface area contributed by atoms with Crippen molar-refractivity contribution in [1.82, 2.24) is 4.90 Å². The van der Waals surface area contributed by atoms with E-state index in [9.17, 15) is 19.2 Å². The minimum Gasteiger partial charge on any atom is -0.451 e. The predicted octanol–water partition coefficient (Wildman–Crippen LogP) is 2.62. The third-order valence-electron chi connectivity index (χ3n) is 5.30. The van der Waals surface area contributed by atoms with Crippen LogP contribution in [0.3, 0.4) is 0 Å². The van der Waals surface area contributed by atoms with Crippen LogP contribution in [0.15, 0.2) is 41.3 Å². The van der Waals surface area contributed by atoms with Crippen molar-refractivity contribution in [3.05, 3.63) is 36.4 Å². The first-order chi connectivity index (χ1) is 13.8. The van der Waals surface area contributed by atoms with Gasteiger partial charge in [-0.25, -0.2) is 4.79 Å². The number of nitrogens with one attached hydrogen (secondary N) is 1. The van der Waals surface area contributed by atoms with Gasteiger partial charge in [-0.2, -0.15) is 0 Å². The van der Waals surface area contributed by atoms with Crippen molar-refractivity contribution in [2.45, 2.75) is 43.7 Å². The number of hydrogen-bond acceptors (Lipinski definition) is 6. The fourth-order valence-corrected chi connectivity index (χ4v) is 4.18. The zero-order valence-electron chi connectivity index (χ0n) is 16.6. The lowest BCUT2D eigenvalue weighted by molar-refractivity contribution is -0.163. The molecule has 1 fully saturated rings. The van der Waals surface area contributed by atoms with Crippen LogP contribution >= 0.6 is 11.8 Å². The highest BCUT2D eigenvalue weighted by Gasteiger charge is 2.50. The van der Waals surface area contributed by atoms with Gasteiger partial charge in [-0.15, -0.1) is 11.8 Å². The van der Waals surface area contributed by atoms with Crippen molar-refractivity contribution in [2.24, 2.45) is 11.8 Å². The van der Waals surface area contributed by atoms with Gasteiger partial charge < -0.3 is 10.1 Å². The van der Waals surface area contributed by atoms with E-state index >= 15 is 0 Å². The molecule has 3 amide bonds. The molecule has 1 N–H and O–H groups in total. The summed E-state index contributed by atoms with van der Waals surface area (Å²) in [4.78, 5) is 52.1. The molecule has 3 rings (SSSR count). The van der Waals surface area contributed by atoms with Gasteiger partial charge in [0.15, 0.2) is 6.10 Å². The molecule has 0 saturated carbocycles. The molecule has 0 spiro atoms. The van der Waals surface area contributed by atoms with Crippen molar-refractivity contribution in [3.8, 4) is 0 Å². The Hall–Kier alpha value is -2.61. The van der Waals surface area contributed by atoms with Crippen LogP contribution in [0.25, 0.3) is 0 Å². The molecule has 1 heterocycles. The maximum atomic E-state index is 12.6. The van der Waals surface area contributed by atoms with Crippen LogP contribution in [0, 0.1) is 11.8 Å². The number of imide groups is 1. The van der Waals surface area contributed by atoms with Crippen molar-refractivity contribution < 1.29 is 23.9 Å². The lowest BCUT2D eigenvalue weighted by Gasteiger charge is -2.23. The number of amides is 3. The van der Waals surface area contributed by atoms with Crippen molar-refractivity contribution in [3.63, 3.8) is 0 Å². The van der Waals surface area contributed by atoms with Gasteiger partial charge in [-0.3, -0.25) is 19.3 Å². The number of likely N-dealkylation sites (tertiary alicyclic amines) is 1. The number of benzene rings is 1. The lowest BCUT2D eigenvalue weighted by Crippen LogP contribution is -2.46. The van der Waals surface area contributed by atoms with Gasteiger partial charge in [0, 0.05) is 4.90 Å². The molecule has 1 aliphatic carbocycles. The van der Waals surface area contributed by atoms with E-state index < -0.39 is 35.9 Å². The number of allylic oxidation sites excluding steroid dienone is 2. The van der Waals surface area contributed by atoms with E-state index in [2.05, 4.69) is 5.32 Å². The summed E-state index contributed by atoms with van der Waals surface area (Å²) in [5, 5.41) is 2.74. The fourth-order valence-electron chi connectivity index (χ4n) is 3.62. The number of hydrogen-bond donors (Lipinski definition) is 1. The summed E-state index contributed by atoms with van der Waals surface area (Å²) >= 11 is 1.49. The number of carbonyl (C=O) groups excluding carboxylic acids is 4. The van der Waals surface area contributed by atoms with Crippen LogP contribution in [0.5, 0.6) is 0 Å². The molecule has 0 bridgehead atoms. The summed E-state index contributed by atoms with van der Waals surface area (Å²) in [5.41, 5.74) is 0.627. The number of anilines is 1. The van der Waals surface area contributed by atoms with Crippen molar-refractivity contribution in [2.75, 3.05) is 11.6 Å². The van der Waals surface area contributed by atoms with Gasteiger partial charge in [0.1, 0.15) is 6.04 Å². The van der Waals surface area contributed by atoms with Crippen LogP contribution in [-0.2, 0) is 23.9 Å². The average molecular weight is 416 g/mol. The second kappa shape index (κ2) is 8.82. The van der Waals surface area contributed by atoms with Gasteiger partial charge in [-0.05, 0) is 45.1 Å². The molecule has 1 aromatic carbocycles. The van der Waals surface area contributed by atoms with Crippen LogP contribution in [0.2, 0.25) is 0 Å². The van der Waals surface area contributed by atoms with Gasteiger partial charge in [0.25, 0.3) is 5.91 Å². The first-order valence-electron chi connectivity index (χ1n) is 9.51. The maximum absolute atomic E-state index is 12.6. The maximum Gasteiger partial charge on any atom is 0.329 e. The Bertz CT molecular complexity index is 842. The van der Waals surface area contributed by atoms with E-state index in [1.807, 2.05) is 30.5 Å². The molecule has 8 heteroatoms. The smallest absolute Gasteiger partial charge is 0.329 e. The van der Waals surface area contributed by atoms with Crippen LogP contribution in [-0.4, -0.2) is 47.0 Å². The first kappa shape index (κ1) is 21.1. The number of para-hydroxylation sites is 1. The zero-order chi connectivity index (χ0) is 21.1. The standard InChI is InChI=1S/C21H24N2O5S/c1-12(23-19(25)14-8-4-5-9-15(14)20(23)26)21(27)28-13(2)18(24)22-16-10-6-7-11-17(16)29-3/h4-7,10-15H,8-9H2,1-3H3,(H,22,24)/t12-,13-,14-,15+/m0/s1. The largest absolute Gasteiger partial charge is 0.451 e. The normalized spacial score (nSPS) is 22.8. The molecule has 4 atom stereocenters. The molecule has 7 nitrogen and oxygen atoms in total. The second-order valence-electron chi connectivity index (χ2n) is 7.15. The summed E-state index contributed by atoms with van der Waals surface area (Å²) in [7, 11) is 0. The molecule has 154 valence electrons. The molecular weight excluding hydrogens is 392 g/mol. The Morgan fingerprint density at radius 1 is 1.10 bits per heavy atom. The molecule has 1 aliphatic heterocycles. The molecule has 0 radical (unpaired) electrons. The highest BCUT2D eigenvalue weighted by Crippen LogP contribution is 2.36. The molecule has 0 aromatic heterocycles. The number of esters is 1. The van der Waals surface area contributed by atoms with Gasteiger partial charge in [0.2, 0.25) is 11.8 Å². The number of rotatable bonds is 6. The minimum atomic E-state index is -1.07. The fraction of sp³-hybridized carbons (Fsp3) is 0.429. The Balaban J connectivity index is 1.62. The Kier molecular flexibility index (Phi) is 6.42. The number of nitrogens with zero attached hydrogens (tertiary/aromatic N) is 1. The Labute approximate surface area is 173 Å². The van der Waals surface area contributed by atoms with E-state index in [1.165, 1.54) is 25.6 Å². The van der Waals surface area contributed by atoms with Gasteiger partial charge in [-0.1, -0.05) is 24.3 Å². The monoisotopic (exact) mass is 416 g/mol. The van der Waals surface area contributed by atoms with Gasteiger partial charge >= 0.3 is 5.97 Å². The average Bonchev–Trinajstić information content (AvgIpc) is 2.98. The van der Waals surface area contributed by atoms with E-state index in [1.54, 1.807) is 12.1 Å². The van der Waals surface area contributed by atoms with Crippen molar-refractivity contribution >= 4 is 41.1 Å². The van der Waals surface area contributed by atoms with E-state index in [4.69, 9.17) is 4.74 Å². The minimum absolute atomic E-state index is 0.347. The lowest BCUT2D eigenvalue weighted by atomic mass is 9.85. The molecular formula is C21H24N2O5S. The number of thioether (sulfide) groups is 1. The van der Waals surface area contributed by atoms with Crippen molar-refractivity contribution in [1.29, 1.82) is 0 Å². The topological polar surface area (TPSA) is 92.8 Å². The molecule has 0 unspecified atom stereocenters. The summed E-state index contributed by atoms with van der Waals surface area (Å²) < 4.78 is 5.26. The summed E-state index contributed by atoms with van der Waals surface area (Å²) in [6.07, 6.45) is 5.60. The van der Waals surface area contributed by atoms with Crippen LogP contribution in [0.1, 0.15) is 26.7 Å². The second-order valence-corrected chi connectivity index (χ2v) is 7.99. The van der Waals surface area contributed by atoms with E-state index in [0.717, 1.165) is 9.80 Å². The Morgan fingerprint density at radius 2 is 1.69 bits per heavy atom. The quantitative estimate of drug-likeness (QED) is 0.332. The number of ether oxygens (including phenoxy) is 1. The molecule has 29 heavy (non-hydrogen) atoms. The molecule has 2 aliphatic rings. The van der Waals surface area contributed by atoms with E-state index in [0.29, 0.717) is 18.5 Å². The SMILES string of the molecule is CSc1ccccc1NC(=O)[C@H](C)OC(=O)[C@H](C)N1C(=O)[C@H]2CC=CC[C@H]2C1=O. The first-order valence-corrected chi connectivity index (χ1v) is 10.7. The molecule has 1 aromatic rings. The summed E-state index contributed by atoms with van der Waals surface area (Å²) in [6.45, 7) is 2.91. The van der Waals surface area contributed by atoms with Crippen LogP contribution < -0.4 is 5.32 Å². The van der Waals surface area contributed by atoms with Gasteiger partial charge in [0.05, 0.1) is 17.5 Å². The zero-order valence-corrected chi connectivity index (χ0v) is 17.4. The summed E-state index contributed by atoms with van der Waals surface area (Å²) in [6, 6.07) is 6.22. The summed E-state index contributed by atoms with van der Waals surface area (Å²) in [5.74, 6) is -2.78. The predicted molar refractivity (Wildman–Crippen MR) is 109 cm³/mol. The Morgan fingerprint density at radius 3 is 2.28 bits per heavy atom.